The van der Waals surface area contributed by atoms with Gasteiger partial charge < -0.3 is 19.9 Å². The lowest BCUT2D eigenvalue weighted by Gasteiger charge is -2.21. The molecule has 0 spiro atoms. The third-order valence-electron chi connectivity index (χ3n) is 5.22. The van der Waals surface area contributed by atoms with Gasteiger partial charge in [-0.05, 0) is 36.2 Å². The lowest BCUT2D eigenvalue weighted by molar-refractivity contribution is -0.384. The second-order valence-corrected chi connectivity index (χ2v) is 9.43. The topological polar surface area (TPSA) is 141 Å². The van der Waals surface area contributed by atoms with Gasteiger partial charge in [-0.25, -0.2) is 0 Å². The van der Waals surface area contributed by atoms with Crippen LogP contribution in [0.5, 0.6) is 5.75 Å². The zero-order valence-corrected chi connectivity index (χ0v) is 21.6. The summed E-state index contributed by atoms with van der Waals surface area (Å²) in [4.78, 5) is 35.7. The van der Waals surface area contributed by atoms with Gasteiger partial charge in [0.1, 0.15) is 5.75 Å². The fourth-order valence-corrected chi connectivity index (χ4v) is 4.14. The Morgan fingerprint density at radius 2 is 1.89 bits per heavy atom. The number of ether oxygens (including phenoxy) is 1. The van der Waals surface area contributed by atoms with Crippen molar-refractivity contribution in [2.45, 2.75) is 25.0 Å². The van der Waals surface area contributed by atoms with Gasteiger partial charge in [0.25, 0.3) is 11.6 Å². The van der Waals surface area contributed by atoms with Crippen LogP contribution >= 0.6 is 23.4 Å². The molecule has 0 saturated heterocycles. The number of halogens is 1. The molecule has 3 aromatic rings. The number of aromatic nitrogens is 3. The molecule has 190 valence electrons. The fourth-order valence-electron chi connectivity index (χ4n) is 3.26. The summed E-state index contributed by atoms with van der Waals surface area (Å²) in [5.74, 6) is 0.486. The lowest BCUT2D eigenvalue weighted by atomic mass is 10.0. The second kappa shape index (κ2) is 11.9. The Labute approximate surface area is 216 Å². The number of carbonyl (C=O) groups is 2. The normalized spacial score (nSPS) is 11.7. The average molecular weight is 533 g/mol. The lowest BCUT2D eigenvalue weighted by Crippen LogP contribution is -2.33. The second-order valence-electron chi connectivity index (χ2n) is 8.08. The highest BCUT2D eigenvalue weighted by Gasteiger charge is 2.25. The Morgan fingerprint density at radius 1 is 1.19 bits per heavy atom. The van der Waals surface area contributed by atoms with Crippen molar-refractivity contribution in [1.82, 2.24) is 20.1 Å². The molecule has 0 saturated carbocycles. The number of anilines is 1. The van der Waals surface area contributed by atoms with Crippen LogP contribution in [0.2, 0.25) is 5.02 Å². The molecule has 13 heteroatoms. The maximum absolute atomic E-state index is 12.8. The summed E-state index contributed by atoms with van der Waals surface area (Å²) in [5.41, 5.74) is 0.447. The average Bonchev–Trinajstić information content (AvgIpc) is 3.21. The molecule has 2 aromatic carbocycles. The van der Waals surface area contributed by atoms with Crippen LogP contribution in [0.15, 0.2) is 47.6 Å². The molecule has 1 heterocycles. The number of benzene rings is 2. The molecular weight excluding hydrogens is 508 g/mol. The standard InChI is InChI=1S/C23H25ClN6O5S/c1-13(2)20(26-22(32)14-5-8-16(35-4)9-6-14)21-27-28-23(29(21)3)36-12-19(31)25-18-11-15(30(33)34)7-10-17(18)24/h5-11,13,20H,12H2,1-4H3,(H,25,31)(H,26,32)/t20-/m1/s1. The Hall–Kier alpha value is -3.64. The molecule has 1 atom stereocenters. The van der Waals surface area contributed by atoms with Crippen molar-refractivity contribution < 1.29 is 19.2 Å². The molecule has 0 unspecified atom stereocenters. The SMILES string of the molecule is COc1ccc(C(=O)N[C@@H](c2nnc(SCC(=O)Nc3cc([N+](=O)[O-])ccc3Cl)n2C)C(C)C)cc1. The van der Waals surface area contributed by atoms with Crippen LogP contribution in [0.25, 0.3) is 0 Å². The summed E-state index contributed by atoms with van der Waals surface area (Å²) in [6.07, 6.45) is 0. The minimum Gasteiger partial charge on any atom is -0.497 e. The van der Waals surface area contributed by atoms with Crippen LogP contribution in [-0.2, 0) is 11.8 Å². The molecule has 36 heavy (non-hydrogen) atoms. The van der Waals surface area contributed by atoms with E-state index in [9.17, 15) is 19.7 Å². The van der Waals surface area contributed by atoms with E-state index in [1.165, 1.54) is 18.2 Å². The first-order valence-electron chi connectivity index (χ1n) is 10.8. The van der Waals surface area contributed by atoms with Gasteiger partial charge >= 0.3 is 0 Å². The van der Waals surface area contributed by atoms with Gasteiger partial charge in [-0.3, -0.25) is 19.7 Å². The van der Waals surface area contributed by atoms with Crippen LogP contribution in [-0.4, -0.2) is 44.4 Å². The molecule has 3 rings (SSSR count). The van der Waals surface area contributed by atoms with Crippen LogP contribution in [0.3, 0.4) is 0 Å². The summed E-state index contributed by atoms with van der Waals surface area (Å²) in [7, 11) is 3.31. The maximum atomic E-state index is 12.8. The number of rotatable bonds is 10. The van der Waals surface area contributed by atoms with Gasteiger partial charge in [0.05, 0.1) is 34.5 Å². The van der Waals surface area contributed by atoms with E-state index in [2.05, 4.69) is 20.8 Å². The predicted molar refractivity (Wildman–Crippen MR) is 137 cm³/mol. The number of amides is 2. The molecule has 0 bridgehead atoms. The number of non-ortho nitro benzene ring substituents is 1. The number of nitro groups is 1. The van der Waals surface area contributed by atoms with E-state index in [4.69, 9.17) is 16.3 Å². The number of methoxy groups -OCH3 is 1. The molecule has 0 aliphatic heterocycles. The molecule has 0 aliphatic carbocycles. The van der Waals surface area contributed by atoms with Crippen LogP contribution < -0.4 is 15.4 Å². The Balaban J connectivity index is 1.67. The maximum Gasteiger partial charge on any atom is 0.271 e. The Morgan fingerprint density at radius 3 is 2.50 bits per heavy atom. The molecule has 1 aromatic heterocycles. The van der Waals surface area contributed by atoms with E-state index in [0.29, 0.717) is 22.3 Å². The van der Waals surface area contributed by atoms with E-state index >= 15 is 0 Å². The molecule has 0 aliphatic rings. The molecule has 11 nitrogen and oxygen atoms in total. The van der Waals surface area contributed by atoms with Gasteiger partial charge in [-0.15, -0.1) is 10.2 Å². The predicted octanol–water partition coefficient (Wildman–Crippen LogP) is 4.24. The van der Waals surface area contributed by atoms with Gasteiger partial charge in [0.15, 0.2) is 11.0 Å². The van der Waals surface area contributed by atoms with E-state index in [-0.39, 0.29) is 34.0 Å². The third kappa shape index (κ3) is 6.52. The molecule has 2 amide bonds. The zero-order valence-electron chi connectivity index (χ0n) is 20.0. The van der Waals surface area contributed by atoms with Crippen molar-refractivity contribution in [2.24, 2.45) is 13.0 Å². The highest BCUT2D eigenvalue weighted by Crippen LogP contribution is 2.28. The number of hydrogen-bond donors (Lipinski definition) is 2. The number of nitrogens with one attached hydrogen (secondary N) is 2. The third-order valence-corrected chi connectivity index (χ3v) is 6.57. The van der Waals surface area contributed by atoms with Crippen LogP contribution in [0.4, 0.5) is 11.4 Å². The highest BCUT2D eigenvalue weighted by atomic mass is 35.5. The quantitative estimate of drug-likeness (QED) is 0.224. The van der Waals surface area contributed by atoms with Crippen LogP contribution in [0.1, 0.15) is 36.1 Å². The number of nitro benzene ring substituents is 1. The largest absolute Gasteiger partial charge is 0.497 e. The summed E-state index contributed by atoms with van der Waals surface area (Å²) in [6, 6.07) is 10.2. The summed E-state index contributed by atoms with van der Waals surface area (Å²) in [6.45, 7) is 3.91. The molecule has 2 N–H and O–H groups in total. The highest BCUT2D eigenvalue weighted by molar-refractivity contribution is 7.99. The van der Waals surface area contributed by atoms with E-state index in [1.807, 2.05) is 13.8 Å². The van der Waals surface area contributed by atoms with Crippen molar-refractivity contribution in [3.8, 4) is 5.75 Å². The summed E-state index contributed by atoms with van der Waals surface area (Å²) >= 11 is 7.18. The van der Waals surface area contributed by atoms with Gasteiger partial charge in [-0.1, -0.05) is 37.2 Å². The van der Waals surface area contributed by atoms with E-state index in [1.54, 1.807) is 43.0 Å². The van der Waals surface area contributed by atoms with Crippen molar-refractivity contribution in [3.05, 3.63) is 69.0 Å². The minimum absolute atomic E-state index is 0.00672. The first-order valence-corrected chi connectivity index (χ1v) is 12.2. The van der Waals surface area contributed by atoms with Crippen molar-refractivity contribution in [1.29, 1.82) is 0 Å². The fraction of sp³-hybridized carbons (Fsp3) is 0.304. The first-order chi connectivity index (χ1) is 17.1. The van der Waals surface area contributed by atoms with E-state index < -0.39 is 16.9 Å². The monoisotopic (exact) mass is 532 g/mol. The number of carbonyl (C=O) groups excluding carboxylic acids is 2. The van der Waals surface area contributed by atoms with Crippen molar-refractivity contribution >= 4 is 46.6 Å². The molecule has 0 fully saturated rings. The van der Waals surface area contributed by atoms with Crippen LogP contribution in [0, 0.1) is 16.0 Å². The van der Waals surface area contributed by atoms with Crippen molar-refractivity contribution in [3.63, 3.8) is 0 Å². The van der Waals surface area contributed by atoms with Gasteiger partial charge in [0, 0.05) is 24.7 Å². The first kappa shape index (κ1) is 27.0. The summed E-state index contributed by atoms with van der Waals surface area (Å²) < 4.78 is 6.85. The van der Waals surface area contributed by atoms with E-state index in [0.717, 1.165) is 11.8 Å². The number of hydrogen-bond acceptors (Lipinski definition) is 8. The smallest absolute Gasteiger partial charge is 0.271 e. The minimum atomic E-state index is -0.569. The Kier molecular flexibility index (Phi) is 8.88. The molecular formula is C23H25ClN6O5S. The Bertz CT molecular complexity index is 1260. The summed E-state index contributed by atoms with van der Waals surface area (Å²) in [5, 5.41) is 25.6. The van der Waals surface area contributed by atoms with Gasteiger partial charge in [0.2, 0.25) is 5.91 Å². The van der Waals surface area contributed by atoms with Crippen molar-refractivity contribution in [2.75, 3.05) is 18.2 Å². The number of thioether (sulfide) groups is 1. The number of nitrogens with zero attached hydrogens (tertiary/aromatic N) is 4. The molecule has 0 radical (unpaired) electrons. The van der Waals surface area contributed by atoms with Gasteiger partial charge in [-0.2, -0.15) is 0 Å². The zero-order chi connectivity index (χ0) is 26.4.